The summed E-state index contributed by atoms with van der Waals surface area (Å²) < 4.78 is 12.6. The number of ether oxygens (including phenoxy) is 2. The van der Waals surface area contributed by atoms with Gasteiger partial charge in [0.1, 0.15) is 17.2 Å². The van der Waals surface area contributed by atoms with Crippen molar-refractivity contribution in [2.75, 3.05) is 5.32 Å². The van der Waals surface area contributed by atoms with Gasteiger partial charge in [0.25, 0.3) is 5.91 Å². The molecule has 0 aliphatic rings. The molecule has 4 nitrogen and oxygen atoms in total. The molecule has 0 heterocycles. The molecule has 0 aromatic heterocycles. The molecule has 0 aliphatic carbocycles. The van der Waals surface area contributed by atoms with Crippen molar-refractivity contribution in [1.29, 1.82) is 0 Å². The Balaban J connectivity index is 1.56. The minimum absolute atomic E-state index is 0.198. The largest absolute Gasteiger partial charge is 0.481 e. The Morgan fingerprint density at radius 1 is 0.846 bits per heavy atom. The first kappa shape index (κ1) is 18.3. The SMILES string of the molecule is CC(Oc1ccc(Oc2ccccc2)cc1)C(=O)Nc1ccc(I)cc1. The summed E-state index contributed by atoms with van der Waals surface area (Å²) in [4.78, 5) is 12.2. The summed E-state index contributed by atoms with van der Waals surface area (Å²) in [5.41, 5.74) is 0.748. The highest BCUT2D eigenvalue weighted by Crippen LogP contribution is 2.24. The van der Waals surface area contributed by atoms with Gasteiger partial charge in [-0.1, -0.05) is 18.2 Å². The standard InChI is InChI=1S/C21H18INO3/c1-15(21(24)23-17-9-7-16(22)8-10-17)25-19-11-13-20(14-12-19)26-18-5-3-2-4-6-18/h2-15H,1H3,(H,23,24). The number of carbonyl (C=O) groups is 1. The highest BCUT2D eigenvalue weighted by molar-refractivity contribution is 14.1. The summed E-state index contributed by atoms with van der Waals surface area (Å²) in [6.07, 6.45) is -0.616. The number of rotatable bonds is 6. The van der Waals surface area contributed by atoms with Gasteiger partial charge in [0.05, 0.1) is 0 Å². The van der Waals surface area contributed by atoms with E-state index in [-0.39, 0.29) is 5.91 Å². The monoisotopic (exact) mass is 459 g/mol. The minimum atomic E-state index is -0.616. The first-order valence-corrected chi connectivity index (χ1v) is 9.24. The van der Waals surface area contributed by atoms with Crippen LogP contribution in [0.3, 0.4) is 0 Å². The molecule has 0 bridgehead atoms. The number of nitrogens with one attached hydrogen (secondary N) is 1. The number of hydrogen-bond donors (Lipinski definition) is 1. The van der Waals surface area contributed by atoms with E-state index in [0.717, 1.165) is 15.0 Å². The Bertz CT molecular complexity index is 849. The maximum atomic E-state index is 12.2. The van der Waals surface area contributed by atoms with E-state index in [2.05, 4.69) is 27.9 Å². The number of para-hydroxylation sites is 1. The van der Waals surface area contributed by atoms with Crippen molar-refractivity contribution in [3.05, 3.63) is 82.4 Å². The summed E-state index contributed by atoms with van der Waals surface area (Å²) in [7, 11) is 0. The third-order valence-corrected chi connectivity index (χ3v) is 4.32. The van der Waals surface area contributed by atoms with Crippen LogP contribution in [0.2, 0.25) is 0 Å². The number of halogens is 1. The van der Waals surface area contributed by atoms with E-state index in [9.17, 15) is 4.79 Å². The van der Waals surface area contributed by atoms with Gasteiger partial charge in [0.2, 0.25) is 0 Å². The van der Waals surface area contributed by atoms with Crippen LogP contribution in [0.4, 0.5) is 5.69 Å². The van der Waals surface area contributed by atoms with Crippen molar-refractivity contribution in [2.45, 2.75) is 13.0 Å². The Kier molecular flexibility index (Phi) is 6.12. The van der Waals surface area contributed by atoms with Gasteiger partial charge in [-0.05, 0) is 90.2 Å². The second-order valence-electron chi connectivity index (χ2n) is 5.64. The fourth-order valence-electron chi connectivity index (χ4n) is 2.25. The normalized spacial score (nSPS) is 11.5. The van der Waals surface area contributed by atoms with Crippen molar-refractivity contribution in [3.63, 3.8) is 0 Å². The molecule has 3 aromatic rings. The lowest BCUT2D eigenvalue weighted by molar-refractivity contribution is -0.122. The fraction of sp³-hybridized carbons (Fsp3) is 0.0952. The van der Waals surface area contributed by atoms with E-state index in [4.69, 9.17) is 9.47 Å². The van der Waals surface area contributed by atoms with Gasteiger partial charge in [0.15, 0.2) is 6.10 Å². The summed E-state index contributed by atoms with van der Waals surface area (Å²) >= 11 is 2.22. The number of amides is 1. The molecular weight excluding hydrogens is 441 g/mol. The second kappa shape index (κ2) is 8.71. The number of hydrogen-bond acceptors (Lipinski definition) is 3. The topological polar surface area (TPSA) is 47.6 Å². The van der Waals surface area contributed by atoms with Crippen molar-refractivity contribution in [1.82, 2.24) is 0 Å². The molecule has 1 unspecified atom stereocenters. The lowest BCUT2D eigenvalue weighted by Gasteiger charge is -2.15. The average Bonchev–Trinajstić information content (AvgIpc) is 2.66. The van der Waals surface area contributed by atoms with Gasteiger partial charge in [-0.2, -0.15) is 0 Å². The maximum absolute atomic E-state index is 12.2. The van der Waals surface area contributed by atoms with Gasteiger partial charge in [0, 0.05) is 9.26 Å². The molecular formula is C21H18INO3. The Hall–Kier alpha value is -2.54. The smallest absolute Gasteiger partial charge is 0.265 e. The zero-order chi connectivity index (χ0) is 18.4. The summed E-state index contributed by atoms with van der Waals surface area (Å²) in [6, 6.07) is 24.3. The van der Waals surface area contributed by atoms with Crippen LogP contribution >= 0.6 is 22.6 Å². The third kappa shape index (κ3) is 5.23. The first-order chi connectivity index (χ1) is 12.6. The van der Waals surface area contributed by atoms with Crippen molar-refractivity contribution < 1.29 is 14.3 Å². The van der Waals surface area contributed by atoms with Gasteiger partial charge in [-0.3, -0.25) is 4.79 Å². The van der Waals surface area contributed by atoms with Gasteiger partial charge in [-0.15, -0.1) is 0 Å². The van der Waals surface area contributed by atoms with Crippen LogP contribution in [0.5, 0.6) is 17.2 Å². The van der Waals surface area contributed by atoms with E-state index >= 15 is 0 Å². The Morgan fingerprint density at radius 3 is 2.08 bits per heavy atom. The van der Waals surface area contributed by atoms with Gasteiger partial charge in [-0.25, -0.2) is 0 Å². The molecule has 5 heteroatoms. The molecule has 132 valence electrons. The molecule has 0 saturated heterocycles. The molecule has 0 saturated carbocycles. The summed E-state index contributed by atoms with van der Waals surface area (Å²) in [6.45, 7) is 1.72. The molecule has 26 heavy (non-hydrogen) atoms. The van der Waals surface area contributed by atoms with Crippen LogP contribution in [-0.4, -0.2) is 12.0 Å². The zero-order valence-corrected chi connectivity index (χ0v) is 16.3. The number of anilines is 1. The molecule has 1 N–H and O–H groups in total. The van der Waals surface area contributed by atoms with E-state index in [0.29, 0.717) is 11.5 Å². The van der Waals surface area contributed by atoms with Gasteiger partial charge < -0.3 is 14.8 Å². The quantitative estimate of drug-likeness (QED) is 0.496. The first-order valence-electron chi connectivity index (χ1n) is 8.16. The molecule has 0 aliphatic heterocycles. The van der Waals surface area contributed by atoms with Crippen molar-refractivity contribution in [2.24, 2.45) is 0 Å². The second-order valence-corrected chi connectivity index (χ2v) is 6.89. The van der Waals surface area contributed by atoms with Gasteiger partial charge >= 0.3 is 0 Å². The Morgan fingerprint density at radius 2 is 1.42 bits per heavy atom. The zero-order valence-electron chi connectivity index (χ0n) is 14.2. The predicted octanol–water partition coefficient (Wildman–Crippen LogP) is 5.49. The van der Waals surface area contributed by atoms with Crippen LogP contribution in [0.1, 0.15) is 6.92 Å². The third-order valence-electron chi connectivity index (χ3n) is 3.60. The molecule has 3 aromatic carbocycles. The minimum Gasteiger partial charge on any atom is -0.481 e. The van der Waals surface area contributed by atoms with E-state index in [1.54, 1.807) is 19.1 Å². The highest BCUT2D eigenvalue weighted by Gasteiger charge is 2.15. The van der Waals surface area contributed by atoms with Crippen molar-refractivity contribution >= 4 is 34.2 Å². The summed E-state index contributed by atoms with van der Waals surface area (Å²) in [5, 5.41) is 2.84. The van der Waals surface area contributed by atoms with Crippen molar-refractivity contribution in [3.8, 4) is 17.2 Å². The fourth-order valence-corrected chi connectivity index (χ4v) is 2.61. The van der Waals surface area contributed by atoms with Crippen LogP contribution in [0.15, 0.2) is 78.9 Å². The molecule has 0 fully saturated rings. The molecule has 3 rings (SSSR count). The lowest BCUT2D eigenvalue weighted by atomic mass is 10.3. The molecule has 1 atom stereocenters. The highest BCUT2D eigenvalue weighted by atomic mass is 127. The van der Waals surface area contributed by atoms with E-state index in [1.807, 2.05) is 66.7 Å². The predicted molar refractivity (Wildman–Crippen MR) is 111 cm³/mol. The number of carbonyl (C=O) groups excluding carboxylic acids is 1. The maximum Gasteiger partial charge on any atom is 0.265 e. The molecule has 0 spiro atoms. The lowest BCUT2D eigenvalue weighted by Crippen LogP contribution is -2.30. The summed E-state index contributed by atoms with van der Waals surface area (Å²) in [5.74, 6) is 1.89. The van der Waals surface area contributed by atoms with E-state index < -0.39 is 6.10 Å². The number of benzene rings is 3. The molecule has 1 amide bonds. The average molecular weight is 459 g/mol. The Labute approximate surface area is 166 Å². The van der Waals surface area contributed by atoms with Crippen LogP contribution < -0.4 is 14.8 Å². The van der Waals surface area contributed by atoms with Crippen LogP contribution in [0, 0.1) is 3.57 Å². The van der Waals surface area contributed by atoms with Crippen LogP contribution in [0.25, 0.3) is 0 Å². The molecule has 0 radical (unpaired) electrons. The van der Waals surface area contributed by atoms with E-state index in [1.165, 1.54) is 0 Å². The van der Waals surface area contributed by atoms with Crippen LogP contribution in [-0.2, 0) is 4.79 Å².